The number of benzene rings is 2. The molecule has 3 rings (SSSR count). The van der Waals surface area contributed by atoms with Gasteiger partial charge in [0.1, 0.15) is 5.75 Å². The monoisotopic (exact) mass is 490 g/mol. The van der Waals surface area contributed by atoms with Crippen LogP contribution in [-0.4, -0.2) is 26.4 Å². The molecule has 168 valence electrons. The maximum absolute atomic E-state index is 12.4. The van der Waals surface area contributed by atoms with Crippen LogP contribution in [0, 0.1) is 13.8 Å². The predicted octanol–water partition coefficient (Wildman–Crippen LogP) is 6.26. The number of halogens is 2. The summed E-state index contributed by atoms with van der Waals surface area (Å²) < 4.78 is 8.04. The van der Waals surface area contributed by atoms with Crippen molar-refractivity contribution in [3.63, 3.8) is 0 Å². The number of anilines is 1. The lowest BCUT2D eigenvalue weighted by atomic mass is 10.1. The van der Waals surface area contributed by atoms with Gasteiger partial charge >= 0.3 is 0 Å². The largest absolute Gasteiger partial charge is 0.482 e. The fraction of sp³-hybridized carbons (Fsp3) is 0.261. The summed E-state index contributed by atoms with van der Waals surface area (Å²) in [4.78, 5) is 12.4. The lowest BCUT2D eigenvalue weighted by molar-refractivity contribution is -0.113. The molecule has 1 unspecified atom stereocenters. The third-order valence-electron chi connectivity index (χ3n) is 4.59. The van der Waals surface area contributed by atoms with Crippen LogP contribution in [0.2, 0.25) is 10.0 Å². The molecule has 0 bridgehead atoms. The molecule has 0 saturated carbocycles. The minimum atomic E-state index is -0.333. The normalized spacial score (nSPS) is 11.8. The second-order valence-corrected chi connectivity index (χ2v) is 9.02. The van der Waals surface area contributed by atoms with E-state index < -0.39 is 0 Å². The van der Waals surface area contributed by atoms with Gasteiger partial charge in [0.25, 0.3) is 0 Å². The number of thioether (sulfide) groups is 1. The third kappa shape index (κ3) is 6.06. The highest BCUT2D eigenvalue weighted by Gasteiger charge is 2.20. The van der Waals surface area contributed by atoms with Crippen molar-refractivity contribution in [1.82, 2.24) is 14.8 Å². The van der Waals surface area contributed by atoms with Gasteiger partial charge in [-0.05, 0) is 50.6 Å². The van der Waals surface area contributed by atoms with E-state index in [-0.39, 0.29) is 17.8 Å². The molecule has 0 saturated heterocycles. The average molecular weight is 491 g/mol. The zero-order chi connectivity index (χ0) is 23.3. The number of allylic oxidation sites excluding steroid dienone is 1. The van der Waals surface area contributed by atoms with Gasteiger partial charge in [0.2, 0.25) is 5.91 Å². The van der Waals surface area contributed by atoms with Crippen molar-refractivity contribution in [3.05, 3.63) is 76.0 Å². The van der Waals surface area contributed by atoms with Crippen LogP contribution in [0.25, 0.3) is 0 Å². The number of carbonyl (C=O) groups excluding carboxylic acids is 1. The Morgan fingerprint density at radius 1 is 1.25 bits per heavy atom. The summed E-state index contributed by atoms with van der Waals surface area (Å²) in [6.07, 6.45) is 1.42. The predicted molar refractivity (Wildman–Crippen MR) is 131 cm³/mol. The van der Waals surface area contributed by atoms with Gasteiger partial charge in [0.15, 0.2) is 17.1 Å². The summed E-state index contributed by atoms with van der Waals surface area (Å²) >= 11 is 13.3. The number of nitrogens with one attached hydrogen (secondary N) is 1. The van der Waals surface area contributed by atoms with Gasteiger partial charge in [-0.25, -0.2) is 0 Å². The van der Waals surface area contributed by atoms with Crippen molar-refractivity contribution < 1.29 is 9.53 Å². The van der Waals surface area contributed by atoms with Crippen LogP contribution in [0.1, 0.15) is 30.0 Å². The first kappa shape index (κ1) is 24.2. The molecule has 0 fully saturated rings. The molecule has 3 aromatic rings. The van der Waals surface area contributed by atoms with Gasteiger partial charge in [-0.3, -0.25) is 9.36 Å². The second kappa shape index (κ2) is 10.9. The molecule has 0 aliphatic carbocycles. The van der Waals surface area contributed by atoms with E-state index in [1.165, 1.54) is 17.3 Å². The van der Waals surface area contributed by atoms with E-state index in [1.807, 2.05) is 37.5 Å². The van der Waals surface area contributed by atoms with Crippen LogP contribution in [-0.2, 0) is 11.3 Å². The Morgan fingerprint density at radius 2 is 2.03 bits per heavy atom. The first-order valence-corrected chi connectivity index (χ1v) is 11.7. The average Bonchev–Trinajstić information content (AvgIpc) is 3.13. The third-order valence-corrected chi connectivity index (χ3v) is 6.11. The summed E-state index contributed by atoms with van der Waals surface area (Å²) in [7, 11) is 0. The van der Waals surface area contributed by atoms with E-state index in [9.17, 15) is 4.79 Å². The Kier molecular flexibility index (Phi) is 8.23. The number of hydrogen-bond acceptors (Lipinski definition) is 5. The summed E-state index contributed by atoms with van der Waals surface area (Å²) in [6, 6.07) is 10.9. The first-order valence-electron chi connectivity index (χ1n) is 9.94. The molecule has 1 atom stereocenters. The maximum atomic E-state index is 12.4. The summed E-state index contributed by atoms with van der Waals surface area (Å²) in [6.45, 7) is 10.3. The van der Waals surface area contributed by atoms with E-state index in [0.717, 1.165) is 11.3 Å². The Morgan fingerprint density at radius 3 is 2.72 bits per heavy atom. The molecular formula is C23H24Cl2N4O2S. The molecule has 1 heterocycles. The van der Waals surface area contributed by atoms with Gasteiger partial charge in [-0.1, -0.05) is 58.7 Å². The Labute approximate surface area is 202 Å². The number of aromatic nitrogens is 3. The van der Waals surface area contributed by atoms with Crippen LogP contribution in [0.15, 0.2) is 54.2 Å². The number of carbonyl (C=O) groups is 1. The highest BCUT2D eigenvalue weighted by molar-refractivity contribution is 7.99. The van der Waals surface area contributed by atoms with E-state index in [1.54, 1.807) is 24.3 Å². The molecule has 2 aromatic carbocycles. The maximum Gasteiger partial charge on any atom is 0.234 e. The number of aryl methyl sites for hydroxylation is 2. The summed E-state index contributed by atoms with van der Waals surface area (Å²) in [5.74, 6) is 1.38. The molecule has 32 heavy (non-hydrogen) atoms. The van der Waals surface area contributed by atoms with E-state index >= 15 is 0 Å². The van der Waals surface area contributed by atoms with Gasteiger partial charge in [-0.15, -0.1) is 16.8 Å². The minimum Gasteiger partial charge on any atom is -0.482 e. The summed E-state index contributed by atoms with van der Waals surface area (Å²) in [5.41, 5.74) is 2.73. The van der Waals surface area contributed by atoms with E-state index in [4.69, 9.17) is 27.9 Å². The van der Waals surface area contributed by atoms with E-state index in [0.29, 0.717) is 33.3 Å². The smallest absolute Gasteiger partial charge is 0.234 e. The lowest BCUT2D eigenvalue weighted by Gasteiger charge is -2.17. The van der Waals surface area contributed by atoms with E-state index in [2.05, 4.69) is 28.2 Å². The first-order chi connectivity index (χ1) is 15.3. The number of nitrogens with zero attached hydrogens (tertiary/aromatic N) is 3. The fourth-order valence-electron chi connectivity index (χ4n) is 3.09. The zero-order valence-corrected chi connectivity index (χ0v) is 20.4. The topological polar surface area (TPSA) is 69.0 Å². The highest BCUT2D eigenvalue weighted by atomic mass is 35.5. The number of ether oxygens (including phenoxy) is 1. The standard InChI is InChI=1S/C23H24Cl2N4O2S/c1-5-10-29-22(16(4)31-20-9-6-14(2)11-15(20)3)27-28-23(29)32-13-21(30)26-19-8-7-17(24)12-18(19)25/h5-9,11-12,16H,1,10,13H2,2-4H3,(H,26,30). The van der Waals surface area contributed by atoms with Crippen molar-refractivity contribution in [2.45, 2.75) is 38.6 Å². The van der Waals surface area contributed by atoms with Crippen molar-refractivity contribution in [1.29, 1.82) is 0 Å². The number of rotatable bonds is 9. The quantitative estimate of drug-likeness (QED) is 0.283. The minimum absolute atomic E-state index is 0.139. The number of amides is 1. The number of hydrogen-bond donors (Lipinski definition) is 1. The Balaban J connectivity index is 1.69. The molecule has 6 nitrogen and oxygen atoms in total. The molecule has 0 aliphatic rings. The van der Waals surface area contributed by atoms with Crippen LogP contribution in [0.3, 0.4) is 0 Å². The second-order valence-electron chi connectivity index (χ2n) is 7.23. The molecular weight excluding hydrogens is 467 g/mol. The highest BCUT2D eigenvalue weighted by Crippen LogP contribution is 2.28. The van der Waals surface area contributed by atoms with Gasteiger partial charge in [0, 0.05) is 11.6 Å². The van der Waals surface area contributed by atoms with Crippen molar-refractivity contribution >= 4 is 46.6 Å². The van der Waals surface area contributed by atoms with Crippen LogP contribution < -0.4 is 10.1 Å². The zero-order valence-electron chi connectivity index (χ0n) is 18.1. The molecule has 1 N–H and O–H groups in total. The van der Waals surface area contributed by atoms with Crippen molar-refractivity contribution in [2.24, 2.45) is 0 Å². The van der Waals surface area contributed by atoms with Crippen molar-refractivity contribution in [3.8, 4) is 5.75 Å². The molecule has 1 amide bonds. The SMILES string of the molecule is C=CCn1c(SCC(=O)Nc2ccc(Cl)cc2Cl)nnc1C(C)Oc1ccc(C)cc1C. The lowest BCUT2D eigenvalue weighted by Crippen LogP contribution is -2.16. The fourth-order valence-corrected chi connectivity index (χ4v) is 4.30. The van der Waals surface area contributed by atoms with Gasteiger partial charge in [0.05, 0.1) is 16.5 Å². The Hall–Kier alpha value is -2.48. The van der Waals surface area contributed by atoms with Gasteiger partial charge in [-0.2, -0.15) is 0 Å². The Bertz CT molecular complexity index is 1130. The molecule has 0 spiro atoms. The van der Waals surface area contributed by atoms with Crippen LogP contribution >= 0.6 is 35.0 Å². The summed E-state index contributed by atoms with van der Waals surface area (Å²) in [5, 5.41) is 12.9. The molecule has 1 aromatic heterocycles. The van der Waals surface area contributed by atoms with Crippen LogP contribution in [0.5, 0.6) is 5.75 Å². The molecule has 9 heteroatoms. The molecule has 0 radical (unpaired) electrons. The molecule has 0 aliphatic heterocycles. The van der Waals surface area contributed by atoms with Crippen molar-refractivity contribution in [2.75, 3.05) is 11.1 Å². The van der Waals surface area contributed by atoms with Gasteiger partial charge < -0.3 is 10.1 Å². The van der Waals surface area contributed by atoms with Crippen LogP contribution in [0.4, 0.5) is 5.69 Å².